The summed E-state index contributed by atoms with van der Waals surface area (Å²) in [6, 6.07) is 8.91. The summed E-state index contributed by atoms with van der Waals surface area (Å²) >= 11 is 0. The van der Waals surface area contributed by atoms with Gasteiger partial charge in [0.15, 0.2) is 0 Å². The molecule has 1 aliphatic rings. The molecule has 1 N–H and O–H groups in total. The second-order valence-electron chi connectivity index (χ2n) is 8.20. The van der Waals surface area contributed by atoms with Crippen LogP contribution >= 0.6 is 0 Å². The molecule has 0 unspecified atom stereocenters. The smallest absolute Gasteiger partial charge is 0.264 e. The third kappa shape index (κ3) is 3.71. The Morgan fingerprint density at radius 3 is 2.70 bits per heavy atom. The van der Waals surface area contributed by atoms with E-state index in [9.17, 15) is 13.6 Å². The normalized spacial score (nSPS) is 13.4. The van der Waals surface area contributed by atoms with E-state index in [1.54, 1.807) is 55.7 Å². The zero-order chi connectivity index (χ0) is 23.1. The largest absolute Gasteiger partial charge is 0.355 e. The van der Waals surface area contributed by atoms with Gasteiger partial charge in [0.25, 0.3) is 12.3 Å². The minimum atomic E-state index is -2.63. The molecular formula is C25H23F2N5O. The average Bonchev–Trinajstić information content (AvgIpc) is 3.27. The third-order valence-electron chi connectivity index (χ3n) is 6.14. The van der Waals surface area contributed by atoms with Crippen LogP contribution in [0.25, 0.3) is 21.9 Å². The van der Waals surface area contributed by atoms with Crippen molar-refractivity contribution in [1.29, 1.82) is 0 Å². The van der Waals surface area contributed by atoms with Crippen molar-refractivity contribution < 1.29 is 13.6 Å². The van der Waals surface area contributed by atoms with Crippen molar-refractivity contribution in [3.63, 3.8) is 0 Å². The molecule has 0 radical (unpaired) electrons. The summed E-state index contributed by atoms with van der Waals surface area (Å²) in [7, 11) is 3.36. The van der Waals surface area contributed by atoms with Crippen LogP contribution in [-0.4, -0.2) is 34.3 Å². The number of hydrogen-bond donors (Lipinski definition) is 1. The number of nitrogens with one attached hydrogen (secondary N) is 1. The molecule has 6 nitrogen and oxygen atoms in total. The molecule has 0 atom stereocenters. The number of alkyl halides is 2. The van der Waals surface area contributed by atoms with Gasteiger partial charge in [-0.25, -0.2) is 8.78 Å². The van der Waals surface area contributed by atoms with Crippen LogP contribution in [0.4, 0.5) is 20.2 Å². The van der Waals surface area contributed by atoms with Crippen LogP contribution in [0.3, 0.4) is 0 Å². The van der Waals surface area contributed by atoms with Crippen LogP contribution in [-0.2, 0) is 13.5 Å². The number of pyridine rings is 1. The Hall–Kier alpha value is -3.81. The summed E-state index contributed by atoms with van der Waals surface area (Å²) in [5.74, 6) is -0.181. The van der Waals surface area contributed by atoms with Gasteiger partial charge >= 0.3 is 0 Å². The van der Waals surface area contributed by atoms with E-state index in [1.807, 2.05) is 23.1 Å². The molecule has 0 saturated carbocycles. The van der Waals surface area contributed by atoms with Crippen molar-refractivity contribution in [2.45, 2.75) is 19.3 Å². The van der Waals surface area contributed by atoms with Crippen LogP contribution in [0.2, 0.25) is 0 Å². The van der Waals surface area contributed by atoms with E-state index in [-0.39, 0.29) is 11.5 Å². The fourth-order valence-electron chi connectivity index (χ4n) is 4.54. The van der Waals surface area contributed by atoms with Gasteiger partial charge in [-0.15, -0.1) is 0 Å². The Labute approximate surface area is 189 Å². The Balaban J connectivity index is 1.68. The van der Waals surface area contributed by atoms with Crippen LogP contribution < -0.4 is 10.2 Å². The standard InChI is InChI=1S/C25H23F2N5O/c1-28-25(33)16-5-6-17-11-29-13-23(20(17)9-16)32-7-3-4-15-8-19(18-12-30-31(2)14-18)21(24(26)27)10-22(15)32/h5-6,8-14,24H,3-4,7H2,1-2H3,(H,28,33). The van der Waals surface area contributed by atoms with Gasteiger partial charge < -0.3 is 10.2 Å². The van der Waals surface area contributed by atoms with E-state index in [4.69, 9.17) is 0 Å². The lowest BCUT2D eigenvalue weighted by atomic mass is 9.92. The first-order chi connectivity index (χ1) is 16.0. The molecular weight excluding hydrogens is 424 g/mol. The third-order valence-corrected chi connectivity index (χ3v) is 6.14. The van der Waals surface area contributed by atoms with E-state index in [0.29, 0.717) is 23.2 Å². The van der Waals surface area contributed by atoms with Gasteiger partial charge in [-0.05, 0) is 48.2 Å². The van der Waals surface area contributed by atoms with E-state index < -0.39 is 6.43 Å². The molecule has 2 aromatic carbocycles. The Morgan fingerprint density at radius 1 is 1.12 bits per heavy atom. The Bertz CT molecular complexity index is 1360. The number of benzene rings is 2. The number of aromatic nitrogens is 3. The lowest BCUT2D eigenvalue weighted by molar-refractivity contribution is 0.0963. The zero-order valence-corrected chi connectivity index (χ0v) is 18.3. The molecule has 0 saturated heterocycles. The van der Waals surface area contributed by atoms with E-state index in [0.717, 1.165) is 40.6 Å². The minimum Gasteiger partial charge on any atom is -0.355 e. The lowest BCUT2D eigenvalue weighted by Crippen LogP contribution is -2.25. The summed E-state index contributed by atoms with van der Waals surface area (Å²) in [4.78, 5) is 18.6. The molecule has 3 heterocycles. The van der Waals surface area contributed by atoms with Gasteiger partial charge in [0.1, 0.15) is 0 Å². The first kappa shape index (κ1) is 21.1. The highest BCUT2D eigenvalue weighted by atomic mass is 19.3. The number of aryl methyl sites for hydroxylation is 2. The summed E-state index contributed by atoms with van der Waals surface area (Å²) in [5, 5.41) is 8.54. The topological polar surface area (TPSA) is 63.1 Å². The molecule has 5 rings (SSSR count). The summed E-state index contributed by atoms with van der Waals surface area (Å²) in [6.45, 7) is 0.674. The number of nitrogens with zero attached hydrogens (tertiary/aromatic N) is 4. The highest BCUT2D eigenvalue weighted by molar-refractivity contribution is 6.02. The summed E-state index contributed by atoms with van der Waals surface area (Å²) in [6.07, 6.45) is 5.89. The monoisotopic (exact) mass is 447 g/mol. The lowest BCUT2D eigenvalue weighted by Gasteiger charge is -2.33. The van der Waals surface area contributed by atoms with Crippen molar-refractivity contribution in [1.82, 2.24) is 20.1 Å². The van der Waals surface area contributed by atoms with Gasteiger partial charge in [0, 0.05) is 66.2 Å². The number of hydrogen-bond acceptors (Lipinski definition) is 4. The maximum atomic E-state index is 14.2. The van der Waals surface area contributed by atoms with Crippen LogP contribution in [0.1, 0.15) is 34.3 Å². The van der Waals surface area contributed by atoms with Crippen LogP contribution in [0, 0.1) is 0 Å². The van der Waals surface area contributed by atoms with Crippen molar-refractivity contribution in [3.8, 4) is 11.1 Å². The minimum absolute atomic E-state index is 0.0205. The molecule has 0 spiro atoms. The van der Waals surface area contributed by atoms with Gasteiger partial charge in [-0.3, -0.25) is 14.5 Å². The molecule has 8 heteroatoms. The predicted octanol–water partition coefficient (Wildman–Crippen LogP) is 5.02. The first-order valence-corrected chi connectivity index (χ1v) is 10.8. The highest BCUT2D eigenvalue weighted by Crippen LogP contribution is 2.42. The Morgan fingerprint density at radius 2 is 1.97 bits per heavy atom. The van der Waals surface area contributed by atoms with Gasteiger partial charge in [0.2, 0.25) is 0 Å². The van der Waals surface area contributed by atoms with Crippen molar-refractivity contribution in [2.75, 3.05) is 18.5 Å². The molecule has 168 valence electrons. The first-order valence-electron chi connectivity index (χ1n) is 10.8. The van der Waals surface area contributed by atoms with E-state index in [1.165, 1.54) is 0 Å². The number of rotatable bonds is 4. The molecule has 33 heavy (non-hydrogen) atoms. The van der Waals surface area contributed by atoms with Crippen LogP contribution in [0.5, 0.6) is 0 Å². The predicted molar refractivity (Wildman–Crippen MR) is 124 cm³/mol. The molecule has 4 aromatic rings. The maximum Gasteiger partial charge on any atom is 0.264 e. The molecule has 0 fully saturated rings. The Kier molecular flexibility index (Phi) is 5.28. The van der Waals surface area contributed by atoms with Gasteiger partial charge in [-0.2, -0.15) is 5.10 Å². The quantitative estimate of drug-likeness (QED) is 0.477. The summed E-state index contributed by atoms with van der Waals surface area (Å²) < 4.78 is 29.9. The number of fused-ring (bicyclic) bond motifs is 2. The number of anilines is 2. The van der Waals surface area contributed by atoms with Crippen molar-refractivity contribution in [2.24, 2.45) is 7.05 Å². The van der Waals surface area contributed by atoms with Crippen LogP contribution in [0.15, 0.2) is 55.1 Å². The van der Waals surface area contributed by atoms with Gasteiger partial charge in [0.05, 0.1) is 18.1 Å². The number of carbonyl (C=O) groups excluding carboxylic acids is 1. The average molecular weight is 447 g/mol. The van der Waals surface area contributed by atoms with Crippen molar-refractivity contribution >= 4 is 28.1 Å². The van der Waals surface area contributed by atoms with Crippen molar-refractivity contribution in [3.05, 3.63) is 71.8 Å². The highest BCUT2D eigenvalue weighted by Gasteiger charge is 2.26. The van der Waals surface area contributed by atoms with Gasteiger partial charge in [-0.1, -0.05) is 6.07 Å². The van der Waals surface area contributed by atoms with E-state index in [2.05, 4.69) is 15.4 Å². The molecule has 1 aliphatic heterocycles. The number of halogens is 2. The number of amides is 1. The molecule has 1 amide bonds. The fraction of sp³-hybridized carbons (Fsp3) is 0.240. The molecule has 0 aliphatic carbocycles. The maximum absolute atomic E-state index is 14.2. The molecule has 2 aromatic heterocycles. The number of carbonyl (C=O) groups is 1. The fourth-order valence-corrected chi connectivity index (χ4v) is 4.54. The molecule has 0 bridgehead atoms. The zero-order valence-electron chi connectivity index (χ0n) is 18.3. The van der Waals surface area contributed by atoms with E-state index >= 15 is 0 Å². The second kappa shape index (κ2) is 8.27. The second-order valence-corrected chi connectivity index (χ2v) is 8.20. The summed E-state index contributed by atoms with van der Waals surface area (Å²) in [5.41, 5.74) is 4.26. The SMILES string of the molecule is CNC(=O)c1ccc2cncc(N3CCCc4cc(-c5cnn(C)c5)c(C(F)F)cc43)c2c1.